The minimum atomic E-state index is -0.336. The highest BCUT2D eigenvalue weighted by Gasteiger charge is 2.43. The summed E-state index contributed by atoms with van der Waals surface area (Å²) in [7, 11) is 5.51. The van der Waals surface area contributed by atoms with Crippen molar-refractivity contribution in [3.05, 3.63) is 4.88 Å². The van der Waals surface area contributed by atoms with Gasteiger partial charge in [0.1, 0.15) is 0 Å². The Morgan fingerprint density at radius 2 is 2.19 bits per heavy atom. The molecule has 2 rings (SSSR count). The molecule has 0 radical (unpaired) electrons. The third-order valence-corrected chi connectivity index (χ3v) is 4.42. The van der Waals surface area contributed by atoms with Crippen LogP contribution in [0.1, 0.15) is 24.1 Å². The van der Waals surface area contributed by atoms with E-state index >= 15 is 0 Å². The normalized spacial score (nSPS) is 17.4. The number of anilines is 1. The monoisotopic (exact) mass is 237 g/mol. The van der Waals surface area contributed by atoms with Gasteiger partial charge in [-0.2, -0.15) is 10.2 Å². The molecule has 0 bridgehead atoms. The van der Waals surface area contributed by atoms with Crippen molar-refractivity contribution in [2.24, 2.45) is 0 Å². The number of ether oxygens (including phenoxy) is 1. The molecule has 0 aromatic carbocycles. The van der Waals surface area contributed by atoms with Crippen LogP contribution < -0.4 is 9.64 Å². The predicted octanol–water partition coefficient (Wildman–Crippen LogP) is 2.16. The number of hydrogen-bond donors (Lipinski definition) is 0. The van der Waals surface area contributed by atoms with Crippen LogP contribution in [0.25, 0.3) is 0 Å². The Morgan fingerprint density at radius 3 is 2.56 bits per heavy atom. The molecule has 4 nitrogen and oxygen atoms in total. The Labute approximate surface area is 99.5 Å². The lowest BCUT2D eigenvalue weighted by atomic mass is 9.69. The van der Waals surface area contributed by atoms with E-state index in [0.29, 0.717) is 5.88 Å². The molecule has 0 saturated heterocycles. The summed E-state index contributed by atoms with van der Waals surface area (Å²) in [5, 5.41) is 10.2. The molecule has 5 heteroatoms. The minimum absolute atomic E-state index is 0.336. The van der Waals surface area contributed by atoms with E-state index in [0.717, 1.165) is 29.3 Å². The van der Waals surface area contributed by atoms with Gasteiger partial charge < -0.3 is 9.64 Å². The van der Waals surface area contributed by atoms with Crippen molar-refractivity contribution in [2.45, 2.75) is 24.7 Å². The molecule has 16 heavy (non-hydrogen) atoms. The summed E-state index contributed by atoms with van der Waals surface area (Å²) >= 11 is 1.57. The molecule has 0 aliphatic heterocycles. The molecular formula is C11H15N3OS. The highest BCUT2D eigenvalue weighted by Crippen LogP contribution is 2.50. The fourth-order valence-electron chi connectivity index (χ4n) is 1.85. The zero-order valence-corrected chi connectivity index (χ0v) is 10.6. The van der Waals surface area contributed by atoms with E-state index in [9.17, 15) is 5.26 Å². The zero-order chi connectivity index (χ0) is 11.8. The molecule has 0 atom stereocenters. The number of rotatable bonds is 3. The average Bonchev–Trinajstić information content (AvgIpc) is 2.62. The maximum Gasteiger partial charge on any atom is 0.231 e. The van der Waals surface area contributed by atoms with Crippen LogP contribution in [0.4, 0.5) is 5.13 Å². The number of methoxy groups -OCH3 is 1. The predicted molar refractivity (Wildman–Crippen MR) is 64.1 cm³/mol. The molecule has 1 aromatic heterocycles. The lowest BCUT2D eigenvalue weighted by molar-refractivity contribution is 0.310. The number of aromatic nitrogens is 1. The number of thiazole rings is 1. The van der Waals surface area contributed by atoms with Crippen molar-refractivity contribution in [1.29, 1.82) is 5.26 Å². The Kier molecular flexibility index (Phi) is 2.76. The van der Waals surface area contributed by atoms with Gasteiger partial charge in [-0.1, -0.05) is 11.3 Å². The van der Waals surface area contributed by atoms with Gasteiger partial charge in [0.05, 0.1) is 23.5 Å². The molecule has 0 spiro atoms. The zero-order valence-electron chi connectivity index (χ0n) is 9.78. The lowest BCUT2D eigenvalue weighted by Crippen LogP contribution is -2.31. The number of hydrogen-bond acceptors (Lipinski definition) is 5. The van der Waals surface area contributed by atoms with Crippen molar-refractivity contribution < 1.29 is 4.74 Å². The second-order valence-corrected chi connectivity index (χ2v) is 5.25. The molecule has 0 unspecified atom stereocenters. The van der Waals surface area contributed by atoms with Gasteiger partial charge in [0.2, 0.25) is 5.88 Å². The van der Waals surface area contributed by atoms with Crippen LogP contribution in [0.15, 0.2) is 0 Å². The van der Waals surface area contributed by atoms with Crippen LogP contribution >= 0.6 is 11.3 Å². The fraction of sp³-hybridized carbons (Fsp3) is 0.636. The third-order valence-electron chi connectivity index (χ3n) is 3.02. The lowest BCUT2D eigenvalue weighted by Gasteiger charge is -2.33. The van der Waals surface area contributed by atoms with Gasteiger partial charge in [0.15, 0.2) is 5.13 Å². The second kappa shape index (κ2) is 3.95. The van der Waals surface area contributed by atoms with Gasteiger partial charge in [-0.05, 0) is 19.3 Å². The van der Waals surface area contributed by atoms with Gasteiger partial charge in [0, 0.05) is 14.1 Å². The van der Waals surface area contributed by atoms with Crippen molar-refractivity contribution in [3.63, 3.8) is 0 Å². The molecule has 1 aliphatic carbocycles. The van der Waals surface area contributed by atoms with Crippen LogP contribution in [0.3, 0.4) is 0 Å². The van der Waals surface area contributed by atoms with Crippen molar-refractivity contribution >= 4 is 16.5 Å². The van der Waals surface area contributed by atoms with Crippen LogP contribution in [0.2, 0.25) is 0 Å². The van der Waals surface area contributed by atoms with Crippen molar-refractivity contribution in [1.82, 2.24) is 4.98 Å². The number of nitrogens with zero attached hydrogens (tertiary/aromatic N) is 3. The molecule has 0 amide bonds. The van der Waals surface area contributed by atoms with Crippen molar-refractivity contribution in [3.8, 4) is 11.9 Å². The molecule has 0 N–H and O–H groups in total. The van der Waals surface area contributed by atoms with E-state index in [4.69, 9.17) is 4.74 Å². The fourth-order valence-corrected chi connectivity index (χ4v) is 3.00. The summed E-state index contributed by atoms with van der Waals surface area (Å²) in [5.74, 6) is 0.620. The average molecular weight is 237 g/mol. The highest BCUT2D eigenvalue weighted by molar-refractivity contribution is 7.16. The maximum atomic E-state index is 9.32. The molecule has 1 aromatic rings. The highest BCUT2D eigenvalue weighted by atomic mass is 32.1. The quantitative estimate of drug-likeness (QED) is 0.808. The Bertz CT molecular complexity index is 429. The Hall–Kier alpha value is -1.28. The largest absolute Gasteiger partial charge is 0.480 e. The van der Waals surface area contributed by atoms with Crippen LogP contribution in [-0.2, 0) is 5.41 Å². The first-order valence-electron chi connectivity index (χ1n) is 5.27. The third kappa shape index (κ3) is 1.54. The molecular weight excluding hydrogens is 222 g/mol. The van der Waals surface area contributed by atoms with E-state index in [-0.39, 0.29) is 5.41 Å². The van der Waals surface area contributed by atoms with E-state index in [1.165, 1.54) is 0 Å². The SMILES string of the molecule is COc1nc(N(C)C)sc1C1(C#N)CCC1. The van der Waals surface area contributed by atoms with Crippen molar-refractivity contribution in [2.75, 3.05) is 26.1 Å². The van der Waals surface area contributed by atoms with Gasteiger partial charge in [-0.15, -0.1) is 0 Å². The first kappa shape index (κ1) is 11.2. The molecule has 86 valence electrons. The Balaban J connectivity index is 2.43. The minimum Gasteiger partial charge on any atom is -0.480 e. The molecule has 1 saturated carbocycles. The molecule has 1 heterocycles. The maximum absolute atomic E-state index is 9.32. The van der Waals surface area contributed by atoms with Crippen LogP contribution in [0.5, 0.6) is 5.88 Å². The smallest absolute Gasteiger partial charge is 0.231 e. The summed E-state index contributed by atoms with van der Waals surface area (Å²) in [4.78, 5) is 7.33. The van der Waals surface area contributed by atoms with Crippen LogP contribution in [0, 0.1) is 11.3 Å². The summed E-state index contributed by atoms with van der Waals surface area (Å²) in [5.41, 5.74) is -0.336. The second-order valence-electron chi connectivity index (χ2n) is 4.28. The van der Waals surface area contributed by atoms with Gasteiger partial charge in [0.25, 0.3) is 0 Å². The topological polar surface area (TPSA) is 49.1 Å². The summed E-state index contributed by atoms with van der Waals surface area (Å²) in [6.45, 7) is 0. The van der Waals surface area contributed by atoms with E-state index in [2.05, 4.69) is 11.1 Å². The summed E-state index contributed by atoms with van der Waals surface area (Å²) in [6, 6.07) is 2.43. The first-order chi connectivity index (χ1) is 7.63. The van der Waals surface area contributed by atoms with Crippen LogP contribution in [-0.4, -0.2) is 26.2 Å². The van der Waals surface area contributed by atoms with Gasteiger partial charge in [-0.25, -0.2) is 0 Å². The molecule has 1 fully saturated rings. The van der Waals surface area contributed by atoms with E-state index < -0.39 is 0 Å². The summed E-state index contributed by atoms with van der Waals surface area (Å²) < 4.78 is 5.28. The van der Waals surface area contributed by atoms with E-state index in [1.807, 2.05) is 19.0 Å². The summed E-state index contributed by atoms with van der Waals surface area (Å²) in [6.07, 6.45) is 2.97. The van der Waals surface area contributed by atoms with Gasteiger partial charge in [-0.3, -0.25) is 0 Å². The molecule has 1 aliphatic rings. The first-order valence-corrected chi connectivity index (χ1v) is 6.08. The van der Waals surface area contributed by atoms with E-state index in [1.54, 1.807) is 18.4 Å². The van der Waals surface area contributed by atoms with Gasteiger partial charge >= 0.3 is 0 Å². The number of nitriles is 1. The Morgan fingerprint density at radius 1 is 1.50 bits per heavy atom. The standard InChI is InChI=1S/C11H15N3OS/c1-14(2)10-13-9(15-3)8(16-10)11(7-12)5-4-6-11/h4-6H2,1-3H3.